The number of carbonyl (C=O) groups is 3. The molecule has 63 heavy (non-hydrogen) atoms. The molecule has 10 atom stereocenters. The Hall–Kier alpha value is -4.43. The normalized spacial score (nSPS) is 37.0. The van der Waals surface area contributed by atoms with Crippen LogP contribution in [0.5, 0.6) is 5.75 Å². The van der Waals surface area contributed by atoms with Gasteiger partial charge in [0.2, 0.25) is 5.60 Å². The molecule has 2 aromatic carbocycles. The summed E-state index contributed by atoms with van der Waals surface area (Å²) in [6.45, 7) is 7.40. The van der Waals surface area contributed by atoms with Crippen LogP contribution in [0.25, 0.3) is 10.9 Å². The first-order chi connectivity index (χ1) is 30.3. The van der Waals surface area contributed by atoms with E-state index < -0.39 is 51.5 Å². The predicted octanol–water partition coefficient (Wildman–Crippen LogP) is 5.16. The SMILES string of the molecule is CC[C@]1(O)CC2CN(CCc3c([nH]c4ccccc34)[C@@](C(=O)OC)(c3cc4c(cc3OC)N(C)C3C45CCN4CC=C[C@](CC)(C45)[C@@H](OC(=O)C4CCCC4)[C@]3(O)C(=O)OC)C2)C1. The second-order valence-corrected chi connectivity index (χ2v) is 20.0. The average Bonchev–Trinajstić information content (AvgIpc) is 4.11. The van der Waals surface area contributed by atoms with Crippen LogP contribution in [0.1, 0.15) is 94.0 Å². The van der Waals surface area contributed by atoms with Gasteiger partial charge in [0.15, 0.2) is 6.10 Å². The number of para-hydroxylation sites is 1. The highest BCUT2D eigenvalue weighted by molar-refractivity contribution is 5.95. The quantitative estimate of drug-likeness (QED) is 0.156. The highest BCUT2D eigenvalue weighted by Gasteiger charge is 2.80. The van der Waals surface area contributed by atoms with Crippen LogP contribution in [-0.2, 0) is 45.8 Å². The maximum absolute atomic E-state index is 15.4. The van der Waals surface area contributed by atoms with E-state index in [-0.39, 0.29) is 23.8 Å². The van der Waals surface area contributed by atoms with Crippen molar-refractivity contribution in [3.05, 3.63) is 70.9 Å². The number of rotatable bonds is 8. The minimum absolute atomic E-state index is 0.0979. The Morgan fingerprint density at radius 2 is 1.68 bits per heavy atom. The Morgan fingerprint density at radius 1 is 0.921 bits per heavy atom. The van der Waals surface area contributed by atoms with E-state index in [2.05, 4.69) is 46.0 Å². The molecule has 2 bridgehead atoms. The molecule has 1 spiro atoms. The zero-order valence-corrected chi connectivity index (χ0v) is 37.7. The van der Waals surface area contributed by atoms with E-state index in [1.54, 1.807) is 7.11 Å². The van der Waals surface area contributed by atoms with Crippen LogP contribution in [0.4, 0.5) is 5.69 Å². The summed E-state index contributed by atoms with van der Waals surface area (Å²) in [6, 6.07) is 11.1. The molecule has 4 fully saturated rings. The van der Waals surface area contributed by atoms with Crippen LogP contribution in [-0.4, -0.2) is 133 Å². The smallest absolute Gasteiger partial charge is 0.344 e. The van der Waals surface area contributed by atoms with E-state index in [9.17, 15) is 19.8 Å². The maximum Gasteiger partial charge on any atom is 0.344 e. The van der Waals surface area contributed by atoms with Crippen molar-refractivity contribution < 1.29 is 43.5 Å². The molecule has 5 aliphatic heterocycles. The highest BCUT2D eigenvalue weighted by atomic mass is 16.6. The van der Waals surface area contributed by atoms with Gasteiger partial charge >= 0.3 is 17.9 Å². The van der Waals surface area contributed by atoms with Gasteiger partial charge in [-0.15, -0.1) is 0 Å². The minimum Gasteiger partial charge on any atom is -0.496 e. The van der Waals surface area contributed by atoms with Crippen LogP contribution < -0.4 is 9.64 Å². The van der Waals surface area contributed by atoms with Gasteiger partial charge < -0.3 is 39.0 Å². The molecule has 5 unspecified atom stereocenters. The molecule has 13 heteroatoms. The second-order valence-electron chi connectivity index (χ2n) is 20.0. The van der Waals surface area contributed by atoms with Gasteiger partial charge in [-0.05, 0) is 87.1 Å². The molecule has 3 N–H and O–H groups in total. The third-order valence-electron chi connectivity index (χ3n) is 17.2. The van der Waals surface area contributed by atoms with Crippen molar-refractivity contribution in [1.29, 1.82) is 0 Å². The number of nitrogens with one attached hydrogen (secondary N) is 1. The summed E-state index contributed by atoms with van der Waals surface area (Å²) in [6.07, 6.45) is 9.39. The Balaban J connectivity index is 1.25. The Morgan fingerprint density at radius 3 is 2.40 bits per heavy atom. The van der Waals surface area contributed by atoms with Gasteiger partial charge in [0.25, 0.3) is 0 Å². The zero-order valence-electron chi connectivity index (χ0n) is 37.7. The molecule has 2 saturated heterocycles. The molecule has 0 amide bonds. The molecule has 3 aromatic rings. The van der Waals surface area contributed by atoms with Gasteiger partial charge in [-0.3, -0.25) is 19.4 Å². The number of aromatic amines is 1. The first-order valence-corrected chi connectivity index (χ1v) is 23.3. The van der Waals surface area contributed by atoms with Crippen molar-refractivity contribution in [3.63, 3.8) is 0 Å². The number of anilines is 1. The van der Waals surface area contributed by atoms with Crippen LogP contribution in [0.15, 0.2) is 48.6 Å². The first-order valence-electron chi connectivity index (χ1n) is 23.3. The molecule has 6 heterocycles. The fourth-order valence-electron chi connectivity index (χ4n) is 14.7. The number of carbonyl (C=O) groups excluding carboxylic acids is 3. The molecule has 338 valence electrons. The summed E-state index contributed by atoms with van der Waals surface area (Å²) in [4.78, 5) is 54.9. The molecule has 2 aliphatic carbocycles. The maximum atomic E-state index is 15.4. The minimum atomic E-state index is -2.30. The standard InChI is InChI=1S/C50H64N4O9/c1-7-46(58)26-30-27-49(44(56)61-5,39-33(18-22-53(28-30)29-46)32-16-11-12-17-36(32)51-39)35-24-34-37(25-38(35)60-4)52(3)42-48(34)20-23-54-21-13-19-47(8-2,41(48)54)43(50(42,59)45(57)62-6)63-40(55)31-14-9-10-15-31/h11-13,16-17,19,24-25,30-31,41-43,51,58-59H,7-10,14-15,18,20-23,26-29H2,1-6H3/t30?,41?,42?,43-,46+,47-,48?,49+,50+/m1/s1. The molecule has 1 aromatic heterocycles. The summed E-state index contributed by atoms with van der Waals surface area (Å²) >= 11 is 0. The number of piperidine rings is 1. The van der Waals surface area contributed by atoms with Crippen molar-refractivity contribution in [1.82, 2.24) is 14.8 Å². The van der Waals surface area contributed by atoms with Gasteiger partial charge in [-0.25, -0.2) is 4.79 Å². The highest BCUT2D eigenvalue weighted by Crippen LogP contribution is 2.68. The Kier molecular flexibility index (Phi) is 10.2. The van der Waals surface area contributed by atoms with Gasteiger partial charge in [-0.2, -0.15) is 0 Å². The van der Waals surface area contributed by atoms with E-state index >= 15 is 4.79 Å². The lowest BCUT2D eigenvalue weighted by Crippen LogP contribution is -2.81. The number of fused-ring (bicyclic) bond motifs is 6. The largest absolute Gasteiger partial charge is 0.496 e. The monoisotopic (exact) mass is 864 g/mol. The van der Waals surface area contributed by atoms with E-state index in [0.717, 1.165) is 46.3 Å². The van der Waals surface area contributed by atoms with Crippen molar-refractivity contribution in [2.45, 2.75) is 118 Å². The Bertz CT molecular complexity index is 2380. The molecular weight excluding hydrogens is 801 g/mol. The van der Waals surface area contributed by atoms with Gasteiger partial charge in [0.1, 0.15) is 11.2 Å². The van der Waals surface area contributed by atoms with Crippen LogP contribution >= 0.6 is 0 Å². The third kappa shape index (κ3) is 5.70. The van der Waals surface area contributed by atoms with Gasteiger partial charge in [0.05, 0.1) is 38.9 Å². The number of benzene rings is 2. The lowest BCUT2D eigenvalue weighted by Gasteiger charge is -2.63. The average molecular weight is 865 g/mol. The fourth-order valence-corrected chi connectivity index (χ4v) is 14.7. The molecule has 10 rings (SSSR count). The molecule has 7 aliphatic rings. The van der Waals surface area contributed by atoms with Crippen LogP contribution in [0.2, 0.25) is 0 Å². The Labute approximate surface area is 370 Å². The number of aromatic nitrogens is 1. The first kappa shape index (κ1) is 42.5. The third-order valence-corrected chi connectivity index (χ3v) is 17.2. The summed E-state index contributed by atoms with van der Waals surface area (Å²) in [5, 5.41) is 26.7. The van der Waals surface area contributed by atoms with E-state index in [4.69, 9.17) is 18.9 Å². The summed E-state index contributed by atoms with van der Waals surface area (Å²) < 4.78 is 24.6. The van der Waals surface area contributed by atoms with Crippen LogP contribution in [0, 0.1) is 17.3 Å². The van der Waals surface area contributed by atoms with Crippen molar-refractivity contribution >= 4 is 34.5 Å². The molecule has 13 nitrogen and oxygen atoms in total. The lowest BCUT2D eigenvalue weighted by molar-refractivity contribution is -0.231. The number of H-pyrrole nitrogens is 1. The number of nitrogens with zero attached hydrogens (tertiary/aromatic N) is 3. The summed E-state index contributed by atoms with van der Waals surface area (Å²) in [5.74, 6) is -1.59. The number of ether oxygens (including phenoxy) is 4. The molecule has 2 saturated carbocycles. The van der Waals surface area contributed by atoms with Gasteiger partial charge in [-0.1, -0.05) is 57.0 Å². The van der Waals surface area contributed by atoms with Crippen molar-refractivity contribution in [2.75, 3.05) is 66.0 Å². The van der Waals surface area contributed by atoms with E-state index in [0.29, 0.717) is 95.4 Å². The summed E-state index contributed by atoms with van der Waals surface area (Å²) in [7, 11) is 6.25. The molecular formula is C50H64N4O9. The number of aliphatic hydroxyl groups is 2. The van der Waals surface area contributed by atoms with Crippen molar-refractivity contribution in [3.8, 4) is 5.75 Å². The van der Waals surface area contributed by atoms with E-state index in [1.807, 2.05) is 43.1 Å². The zero-order chi connectivity index (χ0) is 44.3. The fraction of sp³-hybridized carbons (Fsp3) is 0.620. The summed E-state index contributed by atoms with van der Waals surface area (Å²) in [5.41, 5.74) is -1.55. The number of methoxy groups -OCH3 is 3. The number of esters is 3. The lowest BCUT2D eigenvalue weighted by atomic mass is 9.47. The van der Waals surface area contributed by atoms with Crippen molar-refractivity contribution in [2.24, 2.45) is 17.3 Å². The van der Waals surface area contributed by atoms with E-state index in [1.165, 1.54) is 14.2 Å². The number of likely N-dealkylation sites (N-methyl/N-ethyl adjacent to an activating group) is 1. The second kappa shape index (κ2) is 15.1. The topological polar surface area (TPSA) is 154 Å². The number of hydrogen-bond donors (Lipinski definition) is 3. The molecule has 0 radical (unpaired) electrons. The number of hydrogen-bond acceptors (Lipinski definition) is 12. The predicted molar refractivity (Wildman–Crippen MR) is 237 cm³/mol. The van der Waals surface area contributed by atoms with Gasteiger partial charge in [0, 0.05) is 84.0 Å². The van der Waals surface area contributed by atoms with Crippen LogP contribution in [0.3, 0.4) is 0 Å².